The normalized spacial score (nSPS) is 10.9. The Morgan fingerprint density at radius 1 is 1.04 bits per heavy atom. The molecule has 0 aliphatic rings. The van der Waals surface area contributed by atoms with Gasteiger partial charge in [0.05, 0.1) is 19.5 Å². The van der Waals surface area contributed by atoms with E-state index in [0.29, 0.717) is 34.3 Å². The highest BCUT2D eigenvalue weighted by atomic mass is 19.1. The van der Waals surface area contributed by atoms with E-state index in [-0.39, 0.29) is 12.3 Å². The van der Waals surface area contributed by atoms with Gasteiger partial charge in [0.15, 0.2) is 5.82 Å². The van der Waals surface area contributed by atoms with Crippen molar-refractivity contribution in [2.75, 3.05) is 7.11 Å². The number of methoxy groups -OCH3 is 1. The molecule has 0 aromatic carbocycles. The number of pyridine rings is 2. The Kier molecular flexibility index (Phi) is 4.33. The predicted octanol–water partition coefficient (Wildman–Crippen LogP) is 3.11. The standard InChI is InChI=1S/C18H14FN5O3/c1-10-3-14(23-9-22-10)18-24-15-5-12(7-21-17(15)27-18)26-8-16-13(19)4-11(25-2)6-20-16/h3-7,9H,8H2,1-2H3. The highest BCUT2D eigenvalue weighted by Crippen LogP contribution is 2.25. The van der Waals surface area contributed by atoms with E-state index >= 15 is 0 Å². The predicted molar refractivity (Wildman–Crippen MR) is 92.6 cm³/mol. The van der Waals surface area contributed by atoms with Crippen molar-refractivity contribution in [3.8, 4) is 23.1 Å². The number of rotatable bonds is 5. The van der Waals surface area contributed by atoms with Crippen LogP contribution in [0.4, 0.5) is 4.39 Å². The topological polar surface area (TPSA) is 96.1 Å². The molecule has 0 radical (unpaired) electrons. The minimum absolute atomic E-state index is 0.0567. The van der Waals surface area contributed by atoms with E-state index in [0.717, 1.165) is 5.69 Å². The second kappa shape index (κ2) is 6.94. The second-order valence-electron chi connectivity index (χ2n) is 5.65. The molecule has 8 nitrogen and oxygen atoms in total. The van der Waals surface area contributed by atoms with Crippen LogP contribution in [0, 0.1) is 12.7 Å². The maximum absolute atomic E-state index is 13.9. The maximum Gasteiger partial charge on any atom is 0.248 e. The van der Waals surface area contributed by atoms with Crippen LogP contribution < -0.4 is 9.47 Å². The molecule has 0 saturated carbocycles. The van der Waals surface area contributed by atoms with Gasteiger partial charge in [0.1, 0.15) is 41.3 Å². The van der Waals surface area contributed by atoms with Gasteiger partial charge in [-0.25, -0.2) is 24.3 Å². The molecule has 4 aromatic heterocycles. The van der Waals surface area contributed by atoms with Crippen LogP contribution in [0.5, 0.6) is 11.5 Å². The van der Waals surface area contributed by atoms with Gasteiger partial charge in [-0.2, -0.15) is 0 Å². The van der Waals surface area contributed by atoms with E-state index in [9.17, 15) is 4.39 Å². The first-order chi connectivity index (χ1) is 13.1. The zero-order valence-corrected chi connectivity index (χ0v) is 14.5. The van der Waals surface area contributed by atoms with E-state index in [1.54, 1.807) is 12.1 Å². The lowest BCUT2D eigenvalue weighted by atomic mass is 10.3. The number of aryl methyl sites for hydroxylation is 1. The lowest BCUT2D eigenvalue weighted by molar-refractivity contribution is 0.292. The average Bonchev–Trinajstić information content (AvgIpc) is 3.10. The Hall–Kier alpha value is -3.62. The molecule has 27 heavy (non-hydrogen) atoms. The summed E-state index contributed by atoms with van der Waals surface area (Å²) in [6.07, 6.45) is 4.35. The molecule has 0 amide bonds. The average molecular weight is 367 g/mol. The number of aromatic nitrogens is 5. The first-order valence-corrected chi connectivity index (χ1v) is 7.99. The molecule has 0 unspecified atom stereocenters. The molecule has 0 aliphatic carbocycles. The Morgan fingerprint density at radius 2 is 1.89 bits per heavy atom. The molecule has 0 aliphatic heterocycles. The monoisotopic (exact) mass is 367 g/mol. The van der Waals surface area contributed by atoms with Crippen LogP contribution in [-0.4, -0.2) is 32.0 Å². The summed E-state index contributed by atoms with van der Waals surface area (Å²) in [5.41, 5.74) is 2.37. The summed E-state index contributed by atoms with van der Waals surface area (Å²) in [4.78, 5) is 20.7. The highest BCUT2D eigenvalue weighted by Gasteiger charge is 2.13. The Bertz CT molecular complexity index is 1120. The summed E-state index contributed by atoms with van der Waals surface area (Å²) in [5, 5.41) is 0. The largest absolute Gasteiger partial charge is 0.495 e. The lowest BCUT2D eigenvalue weighted by Crippen LogP contribution is -2.02. The second-order valence-corrected chi connectivity index (χ2v) is 5.65. The van der Waals surface area contributed by atoms with Crippen molar-refractivity contribution >= 4 is 11.2 Å². The van der Waals surface area contributed by atoms with Gasteiger partial charge >= 0.3 is 0 Å². The minimum atomic E-state index is -0.508. The maximum atomic E-state index is 13.9. The third kappa shape index (κ3) is 3.52. The Balaban J connectivity index is 1.55. The van der Waals surface area contributed by atoms with Gasteiger partial charge in [0, 0.05) is 17.8 Å². The van der Waals surface area contributed by atoms with Gasteiger partial charge in [-0.1, -0.05) is 0 Å². The molecule has 0 atom stereocenters. The molecule has 0 spiro atoms. The van der Waals surface area contributed by atoms with Crippen LogP contribution in [0.2, 0.25) is 0 Å². The molecule has 136 valence electrons. The molecule has 4 heterocycles. The zero-order valence-electron chi connectivity index (χ0n) is 14.5. The molecule has 0 bridgehead atoms. The first kappa shape index (κ1) is 16.8. The van der Waals surface area contributed by atoms with E-state index in [1.165, 1.54) is 31.9 Å². The van der Waals surface area contributed by atoms with E-state index in [2.05, 4.69) is 24.9 Å². The van der Waals surface area contributed by atoms with Crippen molar-refractivity contribution in [1.29, 1.82) is 0 Å². The smallest absolute Gasteiger partial charge is 0.248 e. The molecule has 0 fully saturated rings. The SMILES string of the molecule is COc1cnc(COc2cnc3oc(-c4cc(C)ncn4)nc3c2)c(F)c1. The van der Waals surface area contributed by atoms with E-state index < -0.39 is 5.82 Å². The van der Waals surface area contributed by atoms with Gasteiger partial charge in [0.2, 0.25) is 11.6 Å². The molecule has 0 N–H and O–H groups in total. The van der Waals surface area contributed by atoms with Crippen molar-refractivity contribution in [2.45, 2.75) is 13.5 Å². The van der Waals surface area contributed by atoms with Gasteiger partial charge in [-0.3, -0.25) is 4.98 Å². The number of halogens is 1. The highest BCUT2D eigenvalue weighted by molar-refractivity contribution is 5.73. The fourth-order valence-corrected chi connectivity index (χ4v) is 2.38. The zero-order chi connectivity index (χ0) is 18.8. The van der Waals surface area contributed by atoms with Crippen LogP contribution in [0.25, 0.3) is 22.8 Å². The number of hydrogen-bond donors (Lipinski definition) is 0. The number of hydrogen-bond acceptors (Lipinski definition) is 8. The molecular weight excluding hydrogens is 353 g/mol. The summed E-state index contributed by atoms with van der Waals surface area (Å²) >= 11 is 0. The molecular formula is C18H14FN5O3. The number of fused-ring (bicyclic) bond motifs is 1. The Morgan fingerprint density at radius 3 is 2.67 bits per heavy atom. The molecule has 0 saturated heterocycles. The van der Waals surface area contributed by atoms with Crippen LogP contribution in [0.3, 0.4) is 0 Å². The lowest BCUT2D eigenvalue weighted by Gasteiger charge is -2.07. The first-order valence-electron chi connectivity index (χ1n) is 7.99. The van der Waals surface area contributed by atoms with Gasteiger partial charge in [-0.15, -0.1) is 0 Å². The summed E-state index contributed by atoms with van der Waals surface area (Å²) in [6, 6.07) is 4.67. The third-order valence-corrected chi connectivity index (χ3v) is 3.75. The fraction of sp³-hybridized carbons (Fsp3) is 0.167. The van der Waals surface area contributed by atoms with Gasteiger partial charge < -0.3 is 13.9 Å². The van der Waals surface area contributed by atoms with Crippen molar-refractivity contribution in [1.82, 2.24) is 24.9 Å². The fourth-order valence-electron chi connectivity index (χ4n) is 2.38. The summed E-state index contributed by atoms with van der Waals surface area (Å²) < 4.78 is 30.1. The van der Waals surface area contributed by atoms with Crippen LogP contribution in [0.1, 0.15) is 11.4 Å². The summed E-state index contributed by atoms with van der Waals surface area (Å²) in [7, 11) is 1.45. The molecule has 4 rings (SSSR count). The Labute approximate surface area is 153 Å². The number of oxazole rings is 1. The van der Waals surface area contributed by atoms with Gasteiger partial charge in [0.25, 0.3) is 0 Å². The van der Waals surface area contributed by atoms with Crippen molar-refractivity contribution in [3.63, 3.8) is 0 Å². The summed E-state index contributed by atoms with van der Waals surface area (Å²) in [5.74, 6) is 0.585. The quantitative estimate of drug-likeness (QED) is 0.531. The van der Waals surface area contributed by atoms with Crippen LogP contribution in [0.15, 0.2) is 41.3 Å². The van der Waals surface area contributed by atoms with Crippen molar-refractivity contribution in [2.24, 2.45) is 0 Å². The summed E-state index contributed by atoms with van der Waals surface area (Å²) in [6.45, 7) is 1.79. The molecule has 9 heteroatoms. The minimum Gasteiger partial charge on any atom is -0.495 e. The number of nitrogens with zero attached hydrogens (tertiary/aromatic N) is 5. The number of ether oxygens (including phenoxy) is 2. The van der Waals surface area contributed by atoms with Gasteiger partial charge in [-0.05, 0) is 13.0 Å². The van der Waals surface area contributed by atoms with Crippen LogP contribution >= 0.6 is 0 Å². The van der Waals surface area contributed by atoms with E-state index in [1.807, 2.05) is 6.92 Å². The van der Waals surface area contributed by atoms with Crippen molar-refractivity contribution < 1.29 is 18.3 Å². The molecule has 4 aromatic rings. The third-order valence-electron chi connectivity index (χ3n) is 3.75. The van der Waals surface area contributed by atoms with E-state index in [4.69, 9.17) is 13.9 Å². The van der Waals surface area contributed by atoms with Crippen molar-refractivity contribution in [3.05, 3.63) is 54.1 Å². The van der Waals surface area contributed by atoms with Crippen LogP contribution in [-0.2, 0) is 6.61 Å².